The van der Waals surface area contributed by atoms with Gasteiger partial charge in [0.05, 0.1) is 12.0 Å². The third-order valence-corrected chi connectivity index (χ3v) is 1.92. The molecule has 0 aliphatic rings. The molecule has 1 atom stereocenters. The Labute approximate surface area is 96.6 Å². The van der Waals surface area contributed by atoms with Gasteiger partial charge < -0.3 is 20.5 Å². The van der Waals surface area contributed by atoms with E-state index in [9.17, 15) is 14.7 Å². The van der Waals surface area contributed by atoms with E-state index in [-0.39, 0.29) is 18.4 Å². The average molecular weight is 229 g/mol. The van der Waals surface area contributed by atoms with Crippen LogP contribution in [0.5, 0.6) is 0 Å². The number of rotatable bonds is 7. The van der Waals surface area contributed by atoms with E-state index in [1.165, 1.54) is 0 Å². The van der Waals surface area contributed by atoms with E-state index in [0.29, 0.717) is 12.5 Å². The second-order valence-electron chi connectivity index (χ2n) is 4.60. The monoisotopic (exact) mass is 229 g/mol. The molecule has 0 radical (unpaired) electrons. The van der Waals surface area contributed by atoms with Gasteiger partial charge in [0.15, 0.2) is 0 Å². The van der Waals surface area contributed by atoms with Gasteiger partial charge in [0.25, 0.3) is 0 Å². The van der Waals surface area contributed by atoms with Crippen LogP contribution < -0.4 is 15.7 Å². The van der Waals surface area contributed by atoms with Crippen LogP contribution >= 0.6 is 0 Å². The van der Waals surface area contributed by atoms with Gasteiger partial charge in [0.1, 0.15) is 0 Å². The predicted molar refractivity (Wildman–Crippen MR) is 59.5 cm³/mol. The summed E-state index contributed by atoms with van der Waals surface area (Å²) in [5.41, 5.74) is 0. The maximum atomic E-state index is 11.4. The van der Waals surface area contributed by atoms with Crippen molar-refractivity contribution in [3.05, 3.63) is 0 Å². The van der Waals surface area contributed by atoms with Gasteiger partial charge in [-0.25, -0.2) is 0 Å². The summed E-state index contributed by atoms with van der Waals surface area (Å²) in [6.45, 7) is 8.15. The molecular formula is C11H21N2O3-. The largest absolute Gasteiger partial charge is 0.548 e. The van der Waals surface area contributed by atoms with Crippen LogP contribution in [0.2, 0.25) is 0 Å². The molecule has 1 unspecified atom stereocenters. The SMILES string of the molecule is CC(C)CNC(=O)CC(NC(C)C)C(=O)[O-]. The third kappa shape index (κ3) is 7.23. The molecule has 2 N–H and O–H groups in total. The molecule has 5 heteroatoms. The van der Waals surface area contributed by atoms with Crippen molar-refractivity contribution in [2.75, 3.05) is 6.54 Å². The number of hydrogen-bond acceptors (Lipinski definition) is 4. The van der Waals surface area contributed by atoms with Gasteiger partial charge >= 0.3 is 0 Å². The molecule has 0 fully saturated rings. The van der Waals surface area contributed by atoms with Crippen LogP contribution in [0.3, 0.4) is 0 Å². The number of amides is 1. The molecule has 0 aliphatic heterocycles. The zero-order valence-corrected chi connectivity index (χ0v) is 10.4. The van der Waals surface area contributed by atoms with Crippen molar-refractivity contribution in [2.45, 2.75) is 46.2 Å². The summed E-state index contributed by atoms with van der Waals surface area (Å²) < 4.78 is 0. The first kappa shape index (κ1) is 14.9. The number of carboxylic acid groups (broad SMARTS) is 1. The summed E-state index contributed by atoms with van der Waals surface area (Å²) in [7, 11) is 0. The Kier molecular flexibility index (Phi) is 6.72. The molecule has 0 aromatic carbocycles. The Hall–Kier alpha value is -1.10. The van der Waals surface area contributed by atoms with Gasteiger partial charge in [-0.2, -0.15) is 0 Å². The smallest absolute Gasteiger partial charge is 0.221 e. The Morgan fingerprint density at radius 1 is 1.19 bits per heavy atom. The van der Waals surface area contributed by atoms with E-state index >= 15 is 0 Å². The lowest BCUT2D eigenvalue weighted by Gasteiger charge is -2.21. The Morgan fingerprint density at radius 2 is 1.75 bits per heavy atom. The summed E-state index contributed by atoms with van der Waals surface area (Å²) in [5.74, 6) is -1.16. The van der Waals surface area contributed by atoms with E-state index < -0.39 is 12.0 Å². The number of carbonyl (C=O) groups excluding carboxylic acids is 2. The Bertz CT molecular complexity index is 239. The lowest BCUT2D eigenvalue weighted by Crippen LogP contribution is -2.50. The topological polar surface area (TPSA) is 81.3 Å². The van der Waals surface area contributed by atoms with Crippen molar-refractivity contribution < 1.29 is 14.7 Å². The molecule has 94 valence electrons. The molecule has 5 nitrogen and oxygen atoms in total. The van der Waals surface area contributed by atoms with Gasteiger partial charge in [-0.1, -0.05) is 27.7 Å². The summed E-state index contributed by atoms with van der Waals surface area (Å²) in [6.07, 6.45) is -0.0900. The minimum Gasteiger partial charge on any atom is -0.548 e. The van der Waals surface area contributed by atoms with Crippen LogP contribution in [0.4, 0.5) is 0 Å². The molecule has 0 heterocycles. The minimum atomic E-state index is -1.24. The van der Waals surface area contributed by atoms with E-state index in [1.54, 1.807) is 0 Å². The number of carbonyl (C=O) groups is 2. The highest BCUT2D eigenvalue weighted by molar-refractivity contribution is 5.83. The lowest BCUT2D eigenvalue weighted by molar-refractivity contribution is -0.308. The second-order valence-corrected chi connectivity index (χ2v) is 4.60. The summed E-state index contributed by atoms with van der Waals surface area (Å²) in [5, 5.41) is 16.2. The normalized spacial score (nSPS) is 12.9. The van der Waals surface area contributed by atoms with E-state index in [1.807, 2.05) is 27.7 Å². The van der Waals surface area contributed by atoms with E-state index in [0.717, 1.165) is 0 Å². The highest BCUT2D eigenvalue weighted by Crippen LogP contribution is 1.95. The summed E-state index contributed by atoms with van der Waals surface area (Å²) in [6, 6.07) is -0.923. The quantitative estimate of drug-likeness (QED) is 0.603. The van der Waals surface area contributed by atoms with E-state index in [2.05, 4.69) is 10.6 Å². The third-order valence-electron chi connectivity index (χ3n) is 1.92. The highest BCUT2D eigenvalue weighted by Gasteiger charge is 2.15. The molecule has 1 amide bonds. The van der Waals surface area contributed by atoms with Crippen LogP contribution in [0.1, 0.15) is 34.1 Å². The number of nitrogens with one attached hydrogen (secondary N) is 2. The predicted octanol–water partition coefficient (Wildman–Crippen LogP) is -0.735. The number of aliphatic carboxylic acids is 1. The maximum Gasteiger partial charge on any atom is 0.221 e. The zero-order chi connectivity index (χ0) is 12.7. The van der Waals surface area contributed by atoms with Gasteiger partial charge in [-0.05, 0) is 5.92 Å². The van der Waals surface area contributed by atoms with Gasteiger partial charge in [0, 0.05) is 19.0 Å². The van der Waals surface area contributed by atoms with Crippen LogP contribution in [-0.2, 0) is 9.59 Å². The first-order valence-electron chi connectivity index (χ1n) is 5.56. The molecule has 0 bridgehead atoms. The molecule has 0 aromatic heterocycles. The van der Waals surface area contributed by atoms with E-state index in [4.69, 9.17) is 0 Å². The fourth-order valence-electron chi connectivity index (χ4n) is 1.19. The van der Waals surface area contributed by atoms with Crippen molar-refractivity contribution in [3.8, 4) is 0 Å². The van der Waals surface area contributed by atoms with Crippen LogP contribution in [0.15, 0.2) is 0 Å². The highest BCUT2D eigenvalue weighted by atomic mass is 16.4. The fourth-order valence-corrected chi connectivity index (χ4v) is 1.19. The summed E-state index contributed by atoms with van der Waals surface area (Å²) in [4.78, 5) is 22.2. The van der Waals surface area contributed by atoms with Gasteiger partial charge in [-0.15, -0.1) is 0 Å². The standard InChI is InChI=1S/C11H22N2O3/c1-7(2)6-12-10(14)5-9(11(15)16)13-8(3)4/h7-9,13H,5-6H2,1-4H3,(H,12,14)(H,15,16)/p-1. The average Bonchev–Trinajstić information content (AvgIpc) is 2.12. The summed E-state index contributed by atoms with van der Waals surface area (Å²) >= 11 is 0. The van der Waals surface area contributed by atoms with Gasteiger partial charge in [0.2, 0.25) is 5.91 Å². The van der Waals surface area contributed by atoms with Crippen molar-refractivity contribution in [1.82, 2.24) is 10.6 Å². The Balaban J connectivity index is 4.08. The van der Waals surface area contributed by atoms with Crippen molar-refractivity contribution >= 4 is 11.9 Å². The number of hydrogen-bond donors (Lipinski definition) is 2. The first-order valence-corrected chi connectivity index (χ1v) is 5.56. The van der Waals surface area contributed by atoms with Crippen molar-refractivity contribution in [1.29, 1.82) is 0 Å². The van der Waals surface area contributed by atoms with Crippen LogP contribution in [-0.4, -0.2) is 30.5 Å². The van der Waals surface area contributed by atoms with Crippen molar-refractivity contribution in [3.63, 3.8) is 0 Å². The van der Waals surface area contributed by atoms with Crippen molar-refractivity contribution in [2.24, 2.45) is 5.92 Å². The zero-order valence-electron chi connectivity index (χ0n) is 10.4. The molecule has 0 saturated carbocycles. The Morgan fingerprint density at radius 3 is 2.12 bits per heavy atom. The number of carboxylic acids is 1. The molecule has 0 aromatic rings. The van der Waals surface area contributed by atoms with Gasteiger partial charge in [-0.3, -0.25) is 4.79 Å². The van der Waals surface area contributed by atoms with Crippen LogP contribution in [0, 0.1) is 5.92 Å². The fraction of sp³-hybridized carbons (Fsp3) is 0.818. The first-order chi connectivity index (χ1) is 7.32. The lowest BCUT2D eigenvalue weighted by atomic mass is 10.1. The molecule has 16 heavy (non-hydrogen) atoms. The maximum absolute atomic E-state index is 11.4. The second kappa shape index (κ2) is 7.22. The van der Waals surface area contributed by atoms with Crippen LogP contribution in [0.25, 0.3) is 0 Å². The molecule has 0 rings (SSSR count). The minimum absolute atomic E-state index is 0.000740. The molecule has 0 aliphatic carbocycles. The molecular weight excluding hydrogens is 208 g/mol. The molecule has 0 spiro atoms. The molecule has 0 saturated heterocycles.